The van der Waals surface area contributed by atoms with Crippen LogP contribution in [0.1, 0.15) is 50.4 Å². The fourth-order valence-corrected chi connectivity index (χ4v) is 2.52. The van der Waals surface area contributed by atoms with E-state index in [1.807, 2.05) is 0 Å². The van der Waals surface area contributed by atoms with E-state index in [0.29, 0.717) is 6.04 Å². The van der Waals surface area contributed by atoms with Gasteiger partial charge in [-0.25, -0.2) is 0 Å². The summed E-state index contributed by atoms with van der Waals surface area (Å²) in [5.41, 5.74) is 2.90. The van der Waals surface area contributed by atoms with Crippen LogP contribution in [-0.4, -0.2) is 16.3 Å². The zero-order valence-electron chi connectivity index (χ0n) is 9.79. The van der Waals surface area contributed by atoms with Crippen molar-refractivity contribution in [3.8, 4) is 0 Å². The van der Waals surface area contributed by atoms with E-state index in [-0.39, 0.29) is 0 Å². The Bertz CT molecular complexity index is 317. The van der Waals surface area contributed by atoms with Gasteiger partial charge in [0.1, 0.15) is 0 Å². The highest BCUT2D eigenvalue weighted by molar-refractivity contribution is 5.23. The van der Waals surface area contributed by atoms with E-state index in [9.17, 15) is 0 Å². The molecule has 1 N–H and O–H groups in total. The third-order valence-electron chi connectivity index (χ3n) is 3.26. The molecule has 0 radical (unpaired) electrons. The van der Waals surface area contributed by atoms with Gasteiger partial charge in [-0.15, -0.1) is 0 Å². The molecule has 1 aliphatic carbocycles. The molecule has 0 amide bonds. The SMILES string of the molecule is CCNC1CCCCc2c1cnn2CC. The summed E-state index contributed by atoms with van der Waals surface area (Å²) in [6.07, 6.45) is 7.16. The highest BCUT2D eigenvalue weighted by Gasteiger charge is 2.21. The normalized spacial score (nSPS) is 21.1. The smallest absolute Gasteiger partial charge is 0.0540 e. The highest BCUT2D eigenvalue weighted by Crippen LogP contribution is 2.28. The molecule has 0 saturated carbocycles. The van der Waals surface area contributed by atoms with Crippen LogP contribution >= 0.6 is 0 Å². The summed E-state index contributed by atoms with van der Waals surface area (Å²) in [4.78, 5) is 0. The second kappa shape index (κ2) is 4.79. The zero-order valence-corrected chi connectivity index (χ0v) is 9.79. The minimum Gasteiger partial charge on any atom is -0.310 e. The first-order valence-corrected chi connectivity index (χ1v) is 6.14. The predicted molar refractivity (Wildman–Crippen MR) is 61.9 cm³/mol. The van der Waals surface area contributed by atoms with Crippen LogP contribution in [0.3, 0.4) is 0 Å². The molecule has 2 rings (SSSR count). The average Bonchev–Trinajstić information content (AvgIpc) is 2.56. The summed E-state index contributed by atoms with van der Waals surface area (Å²) in [6, 6.07) is 0.535. The number of rotatable bonds is 3. The standard InChI is InChI=1S/C12H21N3/c1-3-13-11-7-5-6-8-12-10(11)9-14-15(12)4-2/h9,11,13H,3-8H2,1-2H3. The number of hydrogen-bond donors (Lipinski definition) is 1. The van der Waals surface area contributed by atoms with Gasteiger partial charge in [0, 0.05) is 23.8 Å². The average molecular weight is 207 g/mol. The summed E-state index contributed by atoms with van der Waals surface area (Å²) in [6.45, 7) is 6.38. The second-order valence-electron chi connectivity index (χ2n) is 4.22. The molecular weight excluding hydrogens is 186 g/mol. The van der Waals surface area contributed by atoms with Crippen molar-refractivity contribution in [2.75, 3.05) is 6.54 Å². The summed E-state index contributed by atoms with van der Waals surface area (Å²) in [5, 5.41) is 8.03. The topological polar surface area (TPSA) is 29.9 Å². The minimum absolute atomic E-state index is 0.535. The molecule has 0 spiro atoms. The van der Waals surface area contributed by atoms with Gasteiger partial charge in [0.05, 0.1) is 6.20 Å². The van der Waals surface area contributed by atoms with Gasteiger partial charge in [-0.3, -0.25) is 4.68 Å². The van der Waals surface area contributed by atoms with Gasteiger partial charge >= 0.3 is 0 Å². The van der Waals surface area contributed by atoms with Crippen LogP contribution in [0, 0.1) is 0 Å². The van der Waals surface area contributed by atoms with Crippen LogP contribution in [0.2, 0.25) is 0 Å². The van der Waals surface area contributed by atoms with Crippen molar-refractivity contribution in [2.24, 2.45) is 0 Å². The fourth-order valence-electron chi connectivity index (χ4n) is 2.52. The maximum atomic E-state index is 4.47. The van der Waals surface area contributed by atoms with Crippen molar-refractivity contribution in [2.45, 2.75) is 52.1 Å². The van der Waals surface area contributed by atoms with E-state index in [2.05, 4.69) is 35.1 Å². The van der Waals surface area contributed by atoms with Gasteiger partial charge in [-0.2, -0.15) is 5.10 Å². The molecule has 1 aromatic heterocycles. The number of fused-ring (bicyclic) bond motifs is 1. The van der Waals surface area contributed by atoms with Crippen LogP contribution in [0.15, 0.2) is 6.20 Å². The van der Waals surface area contributed by atoms with Crippen molar-refractivity contribution in [3.05, 3.63) is 17.5 Å². The van der Waals surface area contributed by atoms with E-state index in [4.69, 9.17) is 0 Å². The molecule has 1 heterocycles. The van der Waals surface area contributed by atoms with Gasteiger partial charge in [0.2, 0.25) is 0 Å². The highest BCUT2D eigenvalue weighted by atomic mass is 15.3. The minimum atomic E-state index is 0.535. The molecule has 0 saturated heterocycles. The lowest BCUT2D eigenvalue weighted by atomic mass is 10.1. The number of aromatic nitrogens is 2. The quantitative estimate of drug-likeness (QED) is 0.771. The summed E-state index contributed by atoms with van der Waals surface area (Å²) in [5.74, 6) is 0. The predicted octanol–water partition coefficient (Wildman–Crippen LogP) is 2.28. The molecule has 0 aliphatic heterocycles. The van der Waals surface area contributed by atoms with E-state index in [1.54, 1.807) is 0 Å². The van der Waals surface area contributed by atoms with E-state index in [0.717, 1.165) is 13.1 Å². The Labute approximate surface area is 91.9 Å². The van der Waals surface area contributed by atoms with Crippen LogP contribution in [-0.2, 0) is 13.0 Å². The van der Waals surface area contributed by atoms with E-state index >= 15 is 0 Å². The van der Waals surface area contributed by atoms with Gasteiger partial charge in [0.15, 0.2) is 0 Å². The Balaban J connectivity index is 2.28. The van der Waals surface area contributed by atoms with Crippen LogP contribution < -0.4 is 5.32 Å². The molecule has 3 nitrogen and oxygen atoms in total. The largest absolute Gasteiger partial charge is 0.310 e. The van der Waals surface area contributed by atoms with Gasteiger partial charge in [0.25, 0.3) is 0 Å². The molecule has 0 bridgehead atoms. The van der Waals surface area contributed by atoms with E-state index < -0.39 is 0 Å². The molecular formula is C12H21N3. The lowest BCUT2D eigenvalue weighted by Gasteiger charge is -2.15. The number of aryl methyl sites for hydroxylation is 1. The molecule has 1 aliphatic rings. The fraction of sp³-hybridized carbons (Fsp3) is 0.750. The first-order chi connectivity index (χ1) is 7.36. The van der Waals surface area contributed by atoms with Gasteiger partial charge in [-0.05, 0) is 32.7 Å². The second-order valence-corrected chi connectivity index (χ2v) is 4.22. The number of nitrogens with zero attached hydrogens (tertiary/aromatic N) is 2. The Morgan fingerprint density at radius 3 is 3.07 bits per heavy atom. The van der Waals surface area contributed by atoms with E-state index in [1.165, 1.54) is 36.9 Å². The van der Waals surface area contributed by atoms with Crippen molar-refractivity contribution < 1.29 is 0 Å². The van der Waals surface area contributed by atoms with Gasteiger partial charge < -0.3 is 5.32 Å². The van der Waals surface area contributed by atoms with Crippen LogP contribution in [0.5, 0.6) is 0 Å². The lowest BCUT2D eigenvalue weighted by molar-refractivity contribution is 0.503. The zero-order chi connectivity index (χ0) is 10.7. The molecule has 3 heteroatoms. The third-order valence-corrected chi connectivity index (χ3v) is 3.26. The summed E-state index contributed by atoms with van der Waals surface area (Å²) >= 11 is 0. The van der Waals surface area contributed by atoms with Crippen LogP contribution in [0.25, 0.3) is 0 Å². The molecule has 0 fully saturated rings. The number of nitrogens with one attached hydrogen (secondary N) is 1. The van der Waals surface area contributed by atoms with Gasteiger partial charge in [-0.1, -0.05) is 13.3 Å². The Morgan fingerprint density at radius 2 is 2.33 bits per heavy atom. The molecule has 0 aromatic carbocycles. The Hall–Kier alpha value is -0.830. The molecule has 1 atom stereocenters. The summed E-state index contributed by atoms with van der Waals surface area (Å²) in [7, 11) is 0. The maximum absolute atomic E-state index is 4.47. The molecule has 15 heavy (non-hydrogen) atoms. The van der Waals surface area contributed by atoms with Crippen molar-refractivity contribution in [3.63, 3.8) is 0 Å². The monoisotopic (exact) mass is 207 g/mol. The third kappa shape index (κ3) is 2.07. The van der Waals surface area contributed by atoms with Crippen molar-refractivity contribution >= 4 is 0 Å². The first-order valence-electron chi connectivity index (χ1n) is 6.14. The maximum Gasteiger partial charge on any atom is 0.0540 e. The van der Waals surface area contributed by atoms with Crippen molar-refractivity contribution in [1.82, 2.24) is 15.1 Å². The molecule has 1 unspecified atom stereocenters. The molecule has 84 valence electrons. The first kappa shape index (κ1) is 10.7. The van der Waals surface area contributed by atoms with Crippen LogP contribution in [0.4, 0.5) is 0 Å². The summed E-state index contributed by atoms with van der Waals surface area (Å²) < 4.78 is 2.16. The Morgan fingerprint density at radius 1 is 1.47 bits per heavy atom. The number of hydrogen-bond acceptors (Lipinski definition) is 2. The van der Waals surface area contributed by atoms with Crippen molar-refractivity contribution in [1.29, 1.82) is 0 Å². The Kier molecular flexibility index (Phi) is 3.41. The lowest BCUT2D eigenvalue weighted by Crippen LogP contribution is -2.20. The molecule has 1 aromatic rings.